The number of piperidine rings is 1. The third kappa shape index (κ3) is 7.78. The van der Waals surface area contributed by atoms with Gasteiger partial charge in [-0.25, -0.2) is 4.39 Å². The molecule has 4 nitrogen and oxygen atoms in total. The van der Waals surface area contributed by atoms with Crippen molar-refractivity contribution in [3.8, 4) is 0 Å². The highest BCUT2D eigenvalue weighted by Crippen LogP contribution is 2.28. The van der Waals surface area contributed by atoms with Gasteiger partial charge >= 0.3 is 0 Å². The van der Waals surface area contributed by atoms with Crippen LogP contribution >= 0.6 is 23.5 Å². The maximum absolute atomic E-state index is 13.4. The molecule has 2 amide bonds. The molecule has 2 aromatic carbocycles. The predicted molar refractivity (Wildman–Crippen MR) is 136 cm³/mol. The van der Waals surface area contributed by atoms with Gasteiger partial charge in [0.1, 0.15) is 5.82 Å². The van der Waals surface area contributed by atoms with Crippen LogP contribution in [0.25, 0.3) is 0 Å². The highest BCUT2D eigenvalue weighted by atomic mass is 32.2. The average molecular weight is 489 g/mol. The number of hydrogen-bond acceptors (Lipinski definition) is 4. The van der Waals surface area contributed by atoms with Crippen molar-refractivity contribution < 1.29 is 14.0 Å². The molecular weight excluding hydrogens is 455 g/mol. The highest BCUT2D eigenvalue weighted by Gasteiger charge is 2.32. The Morgan fingerprint density at radius 3 is 2.39 bits per heavy atom. The quantitative estimate of drug-likeness (QED) is 0.443. The van der Waals surface area contributed by atoms with E-state index in [-0.39, 0.29) is 23.7 Å². The second kappa shape index (κ2) is 13.0. The molecule has 0 N–H and O–H groups in total. The molecule has 0 aromatic heterocycles. The summed E-state index contributed by atoms with van der Waals surface area (Å²) in [5.41, 5.74) is 1.03. The van der Waals surface area contributed by atoms with E-state index in [1.165, 1.54) is 12.1 Å². The largest absolute Gasteiger partial charge is 0.342 e. The Morgan fingerprint density at radius 2 is 1.76 bits per heavy atom. The predicted octanol–water partition coefficient (Wildman–Crippen LogP) is 4.98. The molecule has 1 atom stereocenters. The van der Waals surface area contributed by atoms with Crippen molar-refractivity contribution in [1.82, 2.24) is 9.80 Å². The smallest absolute Gasteiger partial charge is 0.232 e. The number of thioether (sulfide) groups is 2. The molecule has 0 aliphatic carbocycles. The Labute approximate surface area is 205 Å². The zero-order valence-electron chi connectivity index (χ0n) is 19.4. The first-order valence-electron chi connectivity index (χ1n) is 11.4. The number of nitrogens with zero attached hydrogens (tertiary/aromatic N) is 2. The molecule has 1 aliphatic rings. The second-order valence-corrected chi connectivity index (χ2v) is 10.5. The van der Waals surface area contributed by atoms with E-state index in [4.69, 9.17) is 0 Å². The summed E-state index contributed by atoms with van der Waals surface area (Å²) in [6, 6.07) is 16.6. The number of carbonyl (C=O) groups excluding carboxylic acids is 2. The van der Waals surface area contributed by atoms with Crippen LogP contribution in [0.1, 0.15) is 24.8 Å². The van der Waals surface area contributed by atoms with Gasteiger partial charge in [-0.2, -0.15) is 11.8 Å². The van der Waals surface area contributed by atoms with Crippen molar-refractivity contribution >= 4 is 35.3 Å². The Kier molecular flexibility index (Phi) is 10.1. The van der Waals surface area contributed by atoms with Gasteiger partial charge in [0.05, 0.1) is 5.75 Å². The number of rotatable bonds is 10. The number of amides is 2. The molecule has 3 rings (SSSR count). The molecule has 7 heteroatoms. The van der Waals surface area contributed by atoms with Crippen LogP contribution in [0.3, 0.4) is 0 Å². The molecule has 0 spiro atoms. The maximum atomic E-state index is 13.4. The lowest BCUT2D eigenvalue weighted by Crippen LogP contribution is -2.48. The van der Waals surface area contributed by atoms with E-state index < -0.39 is 0 Å². The second-order valence-electron chi connectivity index (χ2n) is 8.47. The van der Waals surface area contributed by atoms with E-state index in [1.54, 1.807) is 23.5 Å². The van der Waals surface area contributed by atoms with Gasteiger partial charge in [-0.3, -0.25) is 9.59 Å². The topological polar surface area (TPSA) is 40.6 Å². The van der Waals surface area contributed by atoms with Crippen LogP contribution in [0.4, 0.5) is 4.39 Å². The SMILES string of the molecule is CSCCC(=O)N(C)C(Cc1ccc(F)cc1)C1CCN(C(=O)CSc2ccccc2)CC1. The molecule has 0 saturated carbocycles. The molecule has 0 bridgehead atoms. The number of carbonyl (C=O) groups is 2. The first-order chi connectivity index (χ1) is 16.0. The maximum Gasteiger partial charge on any atom is 0.232 e. The van der Waals surface area contributed by atoms with Gasteiger partial charge in [0, 0.05) is 43.2 Å². The lowest BCUT2D eigenvalue weighted by atomic mass is 9.85. The summed E-state index contributed by atoms with van der Waals surface area (Å²) in [6.07, 6.45) is 4.96. The fraction of sp³-hybridized carbons (Fsp3) is 0.462. The van der Waals surface area contributed by atoms with Gasteiger partial charge in [0.15, 0.2) is 0 Å². The molecule has 178 valence electrons. The van der Waals surface area contributed by atoms with Crippen molar-refractivity contribution in [2.75, 3.05) is 37.9 Å². The monoisotopic (exact) mass is 488 g/mol. The fourth-order valence-electron chi connectivity index (χ4n) is 4.32. The summed E-state index contributed by atoms with van der Waals surface area (Å²) in [6.45, 7) is 1.43. The summed E-state index contributed by atoms with van der Waals surface area (Å²) < 4.78 is 13.4. The van der Waals surface area contributed by atoms with E-state index in [0.717, 1.165) is 29.1 Å². The number of halogens is 1. The molecule has 33 heavy (non-hydrogen) atoms. The van der Waals surface area contributed by atoms with Gasteiger partial charge in [-0.15, -0.1) is 11.8 Å². The minimum Gasteiger partial charge on any atom is -0.342 e. The number of likely N-dealkylation sites (tertiary alicyclic amines) is 1. The summed E-state index contributed by atoms with van der Waals surface area (Å²) in [4.78, 5) is 30.5. The lowest BCUT2D eigenvalue weighted by Gasteiger charge is -2.40. The molecule has 2 aromatic rings. The minimum absolute atomic E-state index is 0.0424. The van der Waals surface area contributed by atoms with Crippen molar-refractivity contribution in [3.63, 3.8) is 0 Å². The van der Waals surface area contributed by atoms with E-state index in [2.05, 4.69) is 0 Å². The molecule has 1 aliphatic heterocycles. The molecular formula is C26H33FN2O2S2. The van der Waals surface area contributed by atoms with Crippen LogP contribution in [-0.4, -0.2) is 65.6 Å². The first kappa shape index (κ1) is 25.6. The van der Waals surface area contributed by atoms with E-state index in [0.29, 0.717) is 37.6 Å². The van der Waals surface area contributed by atoms with Gasteiger partial charge in [0.25, 0.3) is 0 Å². The van der Waals surface area contributed by atoms with Gasteiger partial charge in [-0.05, 0) is 61.3 Å². The van der Waals surface area contributed by atoms with Crippen LogP contribution in [0.5, 0.6) is 0 Å². The zero-order valence-corrected chi connectivity index (χ0v) is 21.0. The van der Waals surface area contributed by atoms with E-state index >= 15 is 0 Å². The Hall–Kier alpha value is -1.99. The van der Waals surface area contributed by atoms with Crippen LogP contribution in [0.2, 0.25) is 0 Å². The van der Waals surface area contributed by atoms with Crippen molar-refractivity contribution in [2.45, 2.75) is 36.6 Å². The summed E-state index contributed by atoms with van der Waals surface area (Å²) in [5.74, 6) is 1.62. The minimum atomic E-state index is -0.250. The van der Waals surface area contributed by atoms with Gasteiger partial charge in [0.2, 0.25) is 11.8 Å². The van der Waals surface area contributed by atoms with Crippen LogP contribution in [-0.2, 0) is 16.0 Å². The summed E-state index contributed by atoms with van der Waals surface area (Å²) in [7, 11) is 1.89. The molecule has 1 fully saturated rings. The molecule has 1 unspecified atom stereocenters. The van der Waals surface area contributed by atoms with Crippen molar-refractivity contribution in [2.24, 2.45) is 5.92 Å². The Balaban J connectivity index is 1.60. The van der Waals surface area contributed by atoms with E-state index in [9.17, 15) is 14.0 Å². The van der Waals surface area contributed by atoms with Crippen LogP contribution in [0.15, 0.2) is 59.5 Å². The summed E-state index contributed by atoms with van der Waals surface area (Å²) >= 11 is 3.24. The van der Waals surface area contributed by atoms with E-state index in [1.807, 2.05) is 65.6 Å². The fourth-order valence-corrected chi connectivity index (χ4v) is 5.52. The van der Waals surface area contributed by atoms with Gasteiger partial charge in [-0.1, -0.05) is 30.3 Å². The molecule has 1 heterocycles. The molecule has 1 saturated heterocycles. The lowest BCUT2D eigenvalue weighted by molar-refractivity contribution is -0.135. The normalized spacial score (nSPS) is 15.3. The van der Waals surface area contributed by atoms with Gasteiger partial charge < -0.3 is 9.80 Å². The first-order valence-corrected chi connectivity index (χ1v) is 13.8. The Morgan fingerprint density at radius 1 is 1.09 bits per heavy atom. The third-order valence-electron chi connectivity index (χ3n) is 6.31. The number of hydrogen-bond donors (Lipinski definition) is 0. The number of likely N-dealkylation sites (N-methyl/N-ethyl adjacent to an activating group) is 1. The van der Waals surface area contributed by atoms with Crippen LogP contribution in [0, 0.1) is 11.7 Å². The summed E-state index contributed by atoms with van der Waals surface area (Å²) in [5, 5.41) is 0. The van der Waals surface area contributed by atoms with Crippen LogP contribution < -0.4 is 0 Å². The van der Waals surface area contributed by atoms with Crippen molar-refractivity contribution in [3.05, 3.63) is 66.0 Å². The average Bonchev–Trinajstić information content (AvgIpc) is 2.85. The molecule has 0 radical (unpaired) electrons. The van der Waals surface area contributed by atoms with Crippen molar-refractivity contribution in [1.29, 1.82) is 0 Å². The standard InChI is InChI=1S/C26H33FN2O2S2/c1-28(25(30)14-17-32-2)24(18-20-8-10-22(27)11-9-20)21-12-15-29(16-13-21)26(31)19-33-23-6-4-3-5-7-23/h3-11,21,24H,12-19H2,1-2H3. The Bertz CT molecular complexity index is 887. The highest BCUT2D eigenvalue weighted by molar-refractivity contribution is 8.00. The zero-order chi connectivity index (χ0) is 23.6. The number of benzene rings is 2. The third-order valence-corrected chi connectivity index (χ3v) is 7.92.